The van der Waals surface area contributed by atoms with Crippen LogP contribution in [0.3, 0.4) is 0 Å². The van der Waals surface area contributed by atoms with Crippen molar-refractivity contribution in [2.24, 2.45) is 5.92 Å². The lowest BCUT2D eigenvalue weighted by atomic mass is 10.1. The summed E-state index contributed by atoms with van der Waals surface area (Å²) in [5.74, 6) is 1.02. The second-order valence-electron chi connectivity index (χ2n) is 9.00. The predicted octanol–water partition coefficient (Wildman–Crippen LogP) is 7.27. The molecule has 1 heterocycles. The van der Waals surface area contributed by atoms with Gasteiger partial charge in [-0.1, -0.05) is 45.3 Å². The second kappa shape index (κ2) is 14.0. The number of hydrogen-bond acceptors (Lipinski definition) is 6. The van der Waals surface area contributed by atoms with E-state index in [0.717, 1.165) is 11.3 Å². The van der Waals surface area contributed by atoms with E-state index in [9.17, 15) is 14.9 Å². The van der Waals surface area contributed by atoms with Crippen molar-refractivity contribution in [3.8, 4) is 0 Å². The van der Waals surface area contributed by atoms with Crippen LogP contribution < -0.4 is 16.0 Å². The maximum absolute atomic E-state index is 12.1. The molecule has 0 atom stereocenters. The summed E-state index contributed by atoms with van der Waals surface area (Å²) in [7, 11) is 0. The minimum absolute atomic E-state index is 0.121. The van der Waals surface area contributed by atoms with E-state index >= 15 is 0 Å². The Morgan fingerprint density at radius 2 is 1.89 bits per heavy atom. The van der Waals surface area contributed by atoms with E-state index in [1.807, 2.05) is 32.9 Å². The molecular weight excluding hydrogens is 454 g/mol. The molecular formula is C28H39N5O3. The molecule has 8 heteroatoms. The minimum atomic E-state index is -0.477. The first-order valence-corrected chi connectivity index (χ1v) is 12.6. The molecule has 3 rings (SSSR count). The van der Waals surface area contributed by atoms with Gasteiger partial charge < -0.3 is 16.0 Å². The predicted molar refractivity (Wildman–Crippen MR) is 148 cm³/mol. The van der Waals surface area contributed by atoms with Crippen molar-refractivity contribution in [2.45, 2.75) is 66.7 Å². The summed E-state index contributed by atoms with van der Waals surface area (Å²) < 4.78 is 0. The number of hydrogen-bond donors (Lipinski definition) is 3. The van der Waals surface area contributed by atoms with Gasteiger partial charge in [-0.2, -0.15) is 0 Å². The van der Waals surface area contributed by atoms with E-state index in [1.165, 1.54) is 43.7 Å². The van der Waals surface area contributed by atoms with Gasteiger partial charge in [0, 0.05) is 29.6 Å². The standard InChI is InChI=1S/C23H27N5O3.C5H12/c1-5-24-23(29)19-9-8-18(13-15(19)3)26-21-11-10-20(28(30)31)22(27-21)25-16(4)12-14(2)17-6-7-17;1-3-5-4-2/h8-13,17H,4-7H2,1-3H3,(H,24,29)(H2,25,26,27);3-5H2,1-2H3/b14-12+;. The zero-order chi connectivity index (χ0) is 26.7. The minimum Gasteiger partial charge on any atom is -0.352 e. The lowest BCUT2D eigenvalue weighted by Crippen LogP contribution is -2.23. The number of aromatic nitrogens is 1. The summed E-state index contributed by atoms with van der Waals surface area (Å²) in [5, 5.41) is 20.3. The van der Waals surface area contributed by atoms with Crippen LogP contribution in [-0.2, 0) is 0 Å². The average molecular weight is 494 g/mol. The summed E-state index contributed by atoms with van der Waals surface area (Å²) in [4.78, 5) is 27.4. The summed E-state index contributed by atoms with van der Waals surface area (Å²) in [5.41, 5.74) is 3.76. The number of nitrogens with one attached hydrogen (secondary N) is 3. The molecule has 0 bridgehead atoms. The Kier molecular flexibility index (Phi) is 11.1. The molecule has 1 aliphatic rings. The van der Waals surface area contributed by atoms with Crippen LogP contribution in [0.25, 0.3) is 0 Å². The van der Waals surface area contributed by atoms with Crippen molar-refractivity contribution in [3.05, 3.63) is 75.5 Å². The first kappa shape index (κ1) is 28.6. The van der Waals surface area contributed by atoms with Gasteiger partial charge >= 0.3 is 5.69 Å². The number of allylic oxidation sites excluding steroid dienone is 2. The topological polar surface area (TPSA) is 109 Å². The van der Waals surface area contributed by atoms with Gasteiger partial charge in [0.25, 0.3) is 5.91 Å². The molecule has 36 heavy (non-hydrogen) atoms. The quantitative estimate of drug-likeness (QED) is 0.172. The molecule has 1 saturated carbocycles. The van der Waals surface area contributed by atoms with E-state index in [-0.39, 0.29) is 17.4 Å². The van der Waals surface area contributed by atoms with E-state index in [2.05, 4.69) is 41.4 Å². The zero-order valence-electron chi connectivity index (χ0n) is 22.1. The Labute approximate surface area is 214 Å². The fraction of sp³-hybridized carbons (Fsp3) is 0.429. The number of amides is 1. The molecule has 8 nitrogen and oxygen atoms in total. The van der Waals surface area contributed by atoms with Gasteiger partial charge in [0.05, 0.1) is 4.92 Å². The smallest absolute Gasteiger partial charge is 0.311 e. The van der Waals surface area contributed by atoms with Crippen molar-refractivity contribution in [1.29, 1.82) is 0 Å². The van der Waals surface area contributed by atoms with Gasteiger partial charge in [-0.15, -0.1) is 0 Å². The van der Waals surface area contributed by atoms with Crippen LogP contribution in [-0.4, -0.2) is 22.4 Å². The number of unbranched alkanes of at least 4 members (excludes halogenated alkanes) is 2. The third kappa shape index (κ3) is 8.83. The van der Waals surface area contributed by atoms with Crippen molar-refractivity contribution < 1.29 is 9.72 Å². The molecule has 1 amide bonds. The monoisotopic (exact) mass is 493 g/mol. The molecule has 0 spiro atoms. The zero-order valence-corrected chi connectivity index (χ0v) is 22.1. The SMILES string of the molecule is C=C(/C=C(\C)C1CC1)Nc1nc(Nc2ccc(C(=O)NCC)c(C)c2)ccc1[N+](=O)[O-].CCCCC. The van der Waals surface area contributed by atoms with Crippen LogP contribution >= 0.6 is 0 Å². The molecule has 0 unspecified atom stereocenters. The van der Waals surface area contributed by atoms with Crippen molar-refractivity contribution in [2.75, 3.05) is 17.2 Å². The van der Waals surface area contributed by atoms with Gasteiger partial charge in [-0.3, -0.25) is 14.9 Å². The Morgan fingerprint density at radius 3 is 2.42 bits per heavy atom. The normalized spacial score (nSPS) is 12.8. The molecule has 0 radical (unpaired) electrons. The Balaban J connectivity index is 0.000000830. The molecule has 1 aliphatic carbocycles. The van der Waals surface area contributed by atoms with E-state index in [4.69, 9.17) is 0 Å². The highest BCUT2D eigenvalue weighted by Gasteiger charge is 2.23. The van der Waals surface area contributed by atoms with Gasteiger partial charge in [0.15, 0.2) is 0 Å². The number of nitrogens with zero attached hydrogens (tertiary/aromatic N) is 2. The highest BCUT2D eigenvalue weighted by Crippen LogP contribution is 2.36. The van der Waals surface area contributed by atoms with Gasteiger partial charge in [-0.25, -0.2) is 4.98 Å². The van der Waals surface area contributed by atoms with E-state index in [1.54, 1.807) is 18.2 Å². The number of aryl methyl sites for hydroxylation is 1. The average Bonchev–Trinajstić information content (AvgIpc) is 3.66. The number of anilines is 3. The fourth-order valence-corrected chi connectivity index (χ4v) is 3.63. The highest BCUT2D eigenvalue weighted by molar-refractivity contribution is 5.96. The number of pyridine rings is 1. The van der Waals surface area contributed by atoms with Crippen LogP contribution in [0.15, 0.2) is 54.3 Å². The van der Waals surface area contributed by atoms with Crippen LogP contribution in [0.4, 0.5) is 23.0 Å². The maximum Gasteiger partial charge on any atom is 0.311 e. The fourth-order valence-electron chi connectivity index (χ4n) is 3.63. The molecule has 194 valence electrons. The van der Waals surface area contributed by atoms with Crippen LogP contribution in [0.1, 0.15) is 75.7 Å². The first-order valence-electron chi connectivity index (χ1n) is 12.6. The van der Waals surface area contributed by atoms with Crippen LogP contribution in [0.2, 0.25) is 0 Å². The summed E-state index contributed by atoms with van der Waals surface area (Å²) in [6, 6.07) is 8.29. The molecule has 2 aromatic rings. The summed E-state index contributed by atoms with van der Waals surface area (Å²) in [6.07, 6.45) is 8.33. The molecule has 1 fully saturated rings. The Bertz CT molecular complexity index is 1100. The number of nitro groups is 1. The van der Waals surface area contributed by atoms with Crippen LogP contribution in [0.5, 0.6) is 0 Å². The van der Waals surface area contributed by atoms with Crippen molar-refractivity contribution in [1.82, 2.24) is 10.3 Å². The largest absolute Gasteiger partial charge is 0.352 e. The maximum atomic E-state index is 12.1. The molecule has 1 aromatic carbocycles. The Morgan fingerprint density at radius 1 is 1.19 bits per heavy atom. The summed E-state index contributed by atoms with van der Waals surface area (Å²) >= 11 is 0. The molecule has 0 aliphatic heterocycles. The number of carbonyl (C=O) groups is 1. The lowest BCUT2D eigenvalue weighted by molar-refractivity contribution is -0.384. The number of carbonyl (C=O) groups excluding carboxylic acids is 1. The number of rotatable bonds is 11. The Hall–Kier alpha value is -3.68. The third-order valence-electron chi connectivity index (χ3n) is 5.76. The van der Waals surface area contributed by atoms with E-state index < -0.39 is 4.92 Å². The highest BCUT2D eigenvalue weighted by atomic mass is 16.6. The van der Waals surface area contributed by atoms with Crippen LogP contribution in [0, 0.1) is 23.0 Å². The van der Waals surface area contributed by atoms with Crippen molar-refractivity contribution >= 4 is 28.9 Å². The first-order chi connectivity index (χ1) is 17.2. The second-order valence-corrected chi connectivity index (χ2v) is 9.00. The van der Waals surface area contributed by atoms with Crippen molar-refractivity contribution in [3.63, 3.8) is 0 Å². The molecule has 0 saturated heterocycles. The molecule has 1 aromatic heterocycles. The number of benzene rings is 1. The summed E-state index contributed by atoms with van der Waals surface area (Å²) in [6.45, 7) is 14.7. The van der Waals surface area contributed by atoms with Gasteiger partial charge in [0.1, 0.15) is 5.82 Å². The lowest BCUT2D eigenvalue weighted by Gasteiger charge is -2.12. The van der Waals surface area contributed by atoms with E-state index in [0.29, 0.717) is 29.5 Å². The molecule has 3 N–H and O–H groups in total. The third-order valence-corrected chi connectivity index (χ3v) is 5.76. The van der Waals surface area contributed by atoms with Gasteiger partial charge in [-0.05, 0) is 75.4 Å². The van der Waals surface area contributed by atoms with Gasteiger partial charge in [0.2, 0.25) is 5.82 Å².